The maximum absolute atomic E-state index is 3.20. The lowest BCUT2D eigenvalue weighted by Gasteiger charge is -1.90. The van der Waals surface area contributed by atoms with Crippen LogP contribution >= 0.6 is 47.0 Å². The molecule has 4 heteroatoms. The molecule has 0 saturated heterocycles. The van der Waals surface area contributed by atoms with Crippen molar-refractivity contribution < 1.29 is 0 Å². The third-order valence-electron chi connectivity index (χ3n) is 1.37. The van der Waals surface area contributed by atoms with Gasteiger partial charge in [-0.1, -0.05) is 13.8 Å². The average molecular weight is 281 g/mol. The second-order valence-electron chi connectivity index (χ2n) is 2.56. The fourth-order valence-electron chi connectivity index (χ4n) is 0.739. The highest BCUT2D eigenvalue weighted by molar-refractivity contribution is 8.17. The summed E-state index contributed by atoms with van der Waals surface area (Å²) in [5.74, 6) is 7.07. The van der Waals surface area contributed by atoms with Crippen LogP contribution < -0.4 is 0 Å². The molecule has 0 aromatic heterocycles. The minimum absolute atomic E-state index is 1.09. The van der Waals surface area contributed by atoms with Gasteiger partial charge in [-0.25, -0.2) is 0 Å². The first kappa shape index (κ1) is 15.9. The molecule has 0 rings (SSSR count). The minimum Gasteiger partial charge on any atom is -0.158 e. The second kappa shape index (κ2) is 14.9. The fourth-order valence-corrected chi connectivity index (χ4v) is 3.57. The summed E-state index contributed by atoms with van der Waals surface area (Å²) in [6.07, 6.45) is 3.36. The molecule has 0 aromatic carbocycles. The van der Waals surface area contributed by atoms with Gasteiger partial charge in [0.05, 0.1) is 22.6 Å². The summed E-state index contributed by atoms with van der Waals surface area (Å²) in [7, 11) is 0. The van der Waals surface area contributed by atoms with E-state index in [2.05, 4.69) is 31.1 Å². The van der Waals surface area contributed by atoms with Gasteiger partial charge in [-0.2, -0.15) is 11.8 Å². The molecule has 15 heavy (non-hydrogen) atoms. The third-order valence-corrected chi connectivity index (χ3v) is 5.00. The van der Waals surface area contributed by atoms with Crippen molar-refractivity contribution in [2.24, 2.45) is 0 Å². The van der Waals surface area contributed by atoms with Gasteiger partial charge in [0.15, 0.2) is 17.8 Å². The van der Waals surface area contributed by atoms with Crippen LogP contribution in [0.4, 0.5) is 0 Å². The zero-order valence-electron chi connectivity index (χ0n) is 9.53. The van der Waals surface area contributed by atoms with E-state index in [1.807, 2.05) is 35.3 Å². The summed E-state index contributed by atoms with van der Waals surface area (Å²) in [6.45, 7) is 4.36. The van der Waals surface area contributed by atoms with Crippen molar-refractivity contribution >= 4 is 47.0 Å². The Morgan fingerprint density at radius 2 is 2.07 bits per heavy atom. The van der Waals surface area contributed by atoms with Gasteiger partial charge in [0.2, 0.25) is 0 Å². The lowest BCUT2D eigenvalue weighted by atomic mass is 10.6. The molecule has 86 valence electrons. The van der Waals surface area contributed by atoms with Gasteiger partial charge >= 0.3 is 5.41 Å². The minimum atomic E-state index is 1.09. The van der Waals surface area contributed by atoms with Crippen molar-refractivity contribution in [2.75, 3.05) is 28.1 Å². The topological polar surface area (TPSA) is 0 Å². The summed E-state index contributed by atoms with van der Waals surface area (Å²) >= 11 is 7.66. The van der Waals surface area contributed by atoms with E-state index < -0.39 is 0 Å². The smallest absolute Gasteiger partial charge is 0.158 e. The van der Waals surface area contributed by atoms with Crippen LogP contribution in [0.3, 0.4) is 0 Å². The van der Waals surface area contributed by atoms with Crippen molar-refractivity contribution in [3.8, 4) is 0 Å². The van der Waals surface area contributed by atoms with Crippen LogP contribution in [0.5, 0.6) is 0 Å². The van der Waals surface area contributed by atoms with E-state index in [0.717, 1.165) is 11.5 Å². The van der Waals surface area contributed by atoms with Gasteiger partial charge in [-0.3, -0.25) is 0 Å². The van der Waals surface area contributed by atoms with Crippen LogP contribution in [0.2, 0.25) is 0 Å². The Kier molecular flexibility index (Phi) is 15.8. The number of rotatable bonds is 11. The largest absolute Gasteiger partial charge is 0.304 e. The number of thioether (sulfide) groups is 4. The lowest BCUT2D eigenvalue weighted by molar-refractivity contribution is 1.22. The summed E-state index contributed by atoms with van der Waals surface area (Å²) in [4.78, 5) is 0. The maximum Gasteiger partial charge on any atom is 0.304 e. The molecule has 0 saturated carbocycles. The first-order chi connectivity index (χ1) is 7.41. The predicted molar refractivity (Wildman–Crippen MR) is 82.8 cm³/mol. The molecule has 0 spiro atoms. The lowest BCUT2D eigenvalue weighted by Crippen LogP contribution is -1.80. The standard InChI is InChI=1S/C11H20S4/c1-3-12-7-5-9-14-11-15-10-6-8-13-4-2/h5,10H,3-4,6,8-9,11H2,1-2H3/q+2. The van der Waals surface area contributed by atoms with Gasteiger partial charge in [-0.15, -0.1) is 11.8 Å². The van der Waals surface area contributed by atoms with E-state index in [4.69, 9.17) is 0 Å². The normalized spacial score (nSPS) is 10.5. The first-order valence-corrected chi connectivity index (χ1v) is 9.54. The van der Waals surface area contributed by atoms with E-state index >= 15 is 0 Å². The Hall–Kier alpha value is 0.920. The van der Waals surface area contributed by atoms with Crippen molar-refractivity contribution in [3.63, 3.8) is 0 Å². The second-order valence-corrected chi connectivity index (χ2v) is 7.41. The van der Waals surface area contributed by atoms with Crippen molar-refractivity contribution in [1.82, 2.24) is 0 Å². The van der Waals surface area contributed by atoms with Crippen molar-refractivity contribution in [2.45, 2.75) is 20.3 Å². The van der Waals surface area contributed by atoms with Crippen LogP contribution in [0, 0.1) is 11.2 Å². The van der Waals surface area contributed by atoms with Crippen LogP contribution in [0.1, 0.15) is 20.3 Å². The summed E-state index contributed by atoms with van der Waals surface area (Å²) in [5.41, 5.74) is 0. The van der Waals surface area contributed by atoms with E-state index in [-0.39, 0.29) is 0 Å². The van der Waals surface area contributed by atoms with Crippen molar-refractivity contribution in [3.05, 3.63) is 17.2 Å². The zero-order valence-corrected chi connectivity index (χ0v) is 12.8. The van der Waals surface area contributed by atoms with Gasteiger partial charge in [0.25, 0.3) is 0 Å². The molecule has 0 aliphatic heterocycles. The summed E-state index contributed by atoms with van der Waals surface area (Å²) < 4.78 is 0. The monoisotopic (exact) mass is 280 g/mol. The summed E-state index contributed by atoms with van der Waals surface area (Å²) in [5, 5.41) is 4.37. The van der Waals surface area contributed by atoms with Crippen LogP contribution in [0.15, 0.2) is 6.08 Å². The van der Waals surface area contributed by atoms with Gasteiger partial charge < -0.3 is 0 Å². The average Bonchev–Trinajstić information content (AvgIpc) is 2.26. The molecule has 0 bridgehead atoms. The molecule has 0 fully saturated rings. The van der Waals surface area contributed by atoms with E-state index in [1.54, 1.807) is 11.8 Å². The molecule has 0 N–H and O–H groups in total. The molecule has 0 aliphatic carbocycles. The molecule has 0 aromatic rings. The van der Waals surface area contributed by atoms with E-state index in [1.165, 1.54) is 23.0 Å². The molecular weight excluding hydrogens is 260 g/mol. The Labute approximate surface area is 112 Å². The Morgan fingerprint density at radius 1 is 1.20 bits per heavy atom. The maximum atomic E-state index is 3.20. The third kappa shape index (κ3) is 14.9. The Bertz CT molecular complexity index is 137. The fraction of sp³-hybridized carbons (Fsp3) is 0.727. The van der Waals surface area contributed by atoms with Crippen LogP contribution in [0.25, 0.3) is 0 Å². The SMILES string of the molecule is CCS[C+]=CCSCS[CH+]CCSCC. The molecule has 0 heterocycles. The predicted octanol–water partition coefficient (Wildman–Crippen LogP) is 4.79. The van der Waals surface area contributed by atoms with Gasteiger partial charge in [0, 0.05) is 11.5 Å². The Morgan fingerprint density at radius 3 is 2.80 bits per heavy atom. The molecule has 0 aliphatic rings. The molecule has 0 unspecified atom stereocenters. The Balaban J connectivity index is 2.92. The van der Waals surface area contributed by atoms with E-state index in [0.29, 0.717) is 0 Å². The highest BCUT2D eigenvalue weighted by atomic mass is 32.2. The van der Waals surface area contributed by atoms with Gasteiger partial charge in [-0.05, 0) is 5.75 Å². The number of hydrogen-bond acceptors (Lipinski definition) is 4. The first-order valence-electron chi connectivity index (χ1n) is 5.19. The highest BCUT2D eigenvalue weighted by Crippen LogP contribution is 2.18. The quantitative estimate of drug-likeness (QED) is 0.303. The van der Waals surface area contributed by atoms with E-state index in [9.17, 15) is 0 Å². The zero-order chi connectivity index (χ0) is 11.2. The van der Waals surface area contributed by atoms with Crippen LogP contribution in [-0.4, -0.2) is 28.1 Å². The molecule has 0 amide bonds. The van der Waals surface area contributed by atoms with Crippen LogP contribution in [-0.2, 0) is 0 Å². The van der Waals surface area contributed by atoms with Crippen molar-refractivity contribution in [1.29, 1.82) is 0 Å². The molecule has 0 atom stereocenters. The van der Waals surface area contributed by atoms with Gasteiger partial charge in [0.1, 0.15) is 12.2 Å². The molecule has 0 radical (unpaired) electrons. The number of hydrogen-bond donors (Lipinski definition) is 0. The highest BCUT2D eigenvalue weighted by Gasteiger charge is 2.01. The molecular formula is C11H20S4+2. The molecule has 0 nitrogen and oxygen atoms in total. The summed E-state index contributed by atoms with van der Waals surface area (Å²) in [6, 6.07) is 0.